The summed E-state index contributed by atoms with van der Waals surface area (Å²) in [6, 6.07) is 15.6. The summed E-state index contributed by atoms with van der Waals surface area (Å²) in [5, 5.41) is 21.9. The summed E-state index contributed by atoms with van der Waals surface area (Å²) in [5.74, 6) is 5.61. The Bertz CT molecular complexity index is 1870. The molecule has 4 heterocycles. The molecule has 0 radical (unpaired) electrons. The van der Waals surface area contributed by atoms with Crippen LogP contribution in [0.15, 0.2) is 54.6 Å². The van der Waals surface area contributed by atoms with E-state index in [4.69, 9.17) is 23.2 Å². The van der Waals surface area contributed by atoms with Crippen LogP contribution in [0, 0.1) is 23.2 Å². The zero-order valence-electron chi connectivity index (χ0n) is 25.1. The molecule has 0 bridgehead atoms. The first-order valence-electron chi connectivity index (χ1n) is 15.2. The van der Waals surface area contributed by atoms with Crippen LogP contribution < -0.4 is 5.01 Å². The van der Waals surface area contributed by atoms with Gasteiger partial charge in [-0.1, -0.05) is 41.5 Å². The number of hydrazine groups is 1. The summed E-state index contributed by atoms with van der Waals surface area (Å²) in [5.41, 5.74) is 1.77. The maximum Gasteiger partial charge on any atom is 0.416 e. The highest BCUT2D eigenvalue weighted by Gasteiger charge is 2.34. The molecule has 2 aromatic heterocycles. The number of aromatic amines is 1. The van der Waals surface area contributed by atoms with Gasteiger partial charge in [0.05, 0.1) is 43.8 Å². The largest absolute Gasteiger partial charge is 0.416 e. The molecule has 4 aromatic rings. The monoisotopic (exact) mass is 696 g/mol. The van der Waals surface area contributed by atoms with Crippen LogP contribution >= 0.6 is 34.5 Å². The second-order valence-electron chi connectivity index (χ2n) is 11.4. The van der Waals surface area contributed by atoms with Gasteiger partial charge in [-0.25, -0.2) is 10.0 Å². The quantitative estimate of drug-likeness (QED) is 0.205. The average Bonchev–Trinajstić information content (AvgIpc) is 3.82. The van der Waals surface area contributed by atoms with E-state index in [-0.39, 0.29) is 17.6 Å². The van der Waals surface area contributed by atoms with E-state index >= 15 is 0 Å². The van der Waals surface area contributed by atoms with Crippen LogP contribution in [-0.4, -0.2) is 51.7 Å². The number of piperidine rings is 1. The van der Waals surface area contributed by atoms with Crippen LogP contribution in [0.25, 0.3) is 10.6 Å². The predicted octanol–water partition coefficient (Wildman–Crippen LogP) is 8.40. The molecule has 2 saturated heterocycles. The summed E-state index contributed by atoms with van der Waals surface area (Å²) in [6.45, 7) is 2.39. The molecule has 0 unspecified atom stereocenters. The van der Waals surface area contributed by atoms with E-state index in [9.17, 15) is 23.2 Å². The first-order valence-corrected chi connectivity index (χ1v) is 16.7. The van der Waals surface area contributed by atoms with Gasteiger partial charge in [0, 0.05) is 35.8 Å². The van der Waals surface area contributed by atoms with Crippen LogP contribution in [0.5, 0.6) is 0 Å². The average molecular weight is 698 g/mol. The van der Waals surface area contributed by atoms with Crippen LogP contribution in [0.4, 0.5) is 18.9 Å². The standard InChI is InChI=1S/C34H29Cl2F3N6OS/c35-24-11-14-29(28(36)19-24)45(44-17-2-1-3-18-44)33(46)32-27(21-43-16-4-5-25(43)20-40)31(41-42-32)30-15-13-26(47-30)12-8-22-6-9-23(10-7-22)34(37,38)39/h6-7,9-11,13-15,19,25H,1-5,16-18,21H2,(H,41,42)/t25-/m1/s1. The first kappa shape index (κ1) is 33.1. The van der Waals surface area contributed by atoms with Crippen LogP contribution in [0.2, 0.25) is 10.0 Å². The van der Waals surface area contributed by atoms with Crippen molar-refractivity contribution in [1.29, 1.82) is 5.26 Å². The lowest BCUT2D eigenvalue weighted by Gasteiger charge is -2.37. The van der Waals surface area contributed by atoms with Crippen LogP contribution in [0.1, 0.15) is 64.2 Å². The number of rotatable bonds is 6. The summed E-state index contributed by atoms with van der Waals surface area (Å²) >= 11 is 14.2. The number of aromatic nitrogens is 2. The maximum atomic E-state index is 14.6. The zero-order valence-corrected chi connectivity index (χ0v) is 27.4. The fraction of sp³-hybridized carbons (Fsp3) is 0.324. The first-order chi connectivity index (χ1) is 22.6. The number of nitrogens with one attached hydrogen (secondary N) is 1. The second kappa shape index (κ2) is 14.1. The lowest BCUT2D eigenvalue weighted by Crippen LogP contribution is -2.49. The molecular weight excluding hydrogens is 668 g/mol. The number of hydrogen-bond donors (Lipinski definition) is 1. The van der Waals surface area contributed by atoms with Gasteiger partial charge in [-0.3, -0.25) is 14.8 Å². The van der Waals surface area contributed by atoms with Gasteiger partial charge in [-0.05, 0) is 86.8 Å². The number of H-pyrrole nitrogens is 1. The number of likely N-dealkylation sites (tertiary alicyclic amines) is 1. The molecule has 47 heavy (non-hydrogen) atoms. The Morgan fingerprint density at radius 1 is 1.02 bits per heavy atom. The van der Waals surface area contributed by atoms with Crippen molar-refractivity contribution < 1.29 is 18.0 Å². The van der Waals surface area contributed by atoms with E-state index in [1.807, 2.05) is 17.1 Å². The molecule has 1 atom stereocenters. The van der Waals surface area contributed by atoms with Gasteiger partial charge in [-0.15, -0.1) is 11.3 Å². The van der Waals surface area contributed by atoms with Crippen molar-refractivity contribution in [3.63, 3.8) is 0 Å². The molecule has 1 N–H and O–H groups in total. The Kier molecular flexibility index (Phi) is 9.93. The molecule has 0 spiro atoms. The Balaban J connectivity index is 1.36. The molecule has 0 saturated carbocycles. The third-order valence-corrected chi connectivity index (χ3v) is 9.84. The van der Waals surface area contributed by atoms with Crippen molar-refractivity contribution in [1.82, 2.24) is 20.1 Å². The van der Waals surface area contributed by atoms with E-state index in [2.05, 4.69) is 33.0 Å². The summed E-state index contributed by atoms with van der Waals surface area (Å²) < 4.78 is 38.8. The van der Waals surface area contributed by atoms with E-state index in [1.165, 1.54) is 23.5 Å². The van der Waals surface area contributed by atoms with Crippen molar-refractivity contribution in [2.75, 3.05) is 24.6 Å². The molecular formula is C34H29Cl2F3N6OS. The van der Waals surface area contributed by atoms with Gasteiger partial charge in [0.15, 0.2) is 5.69 Å². The number of nitrogens with zero attached hydrogens (tertiary/aromatic N) is 5. The Labute approximate surface area is 284 Å². The fourth-order valence-electron chi connectivity index (χ4n) is 5.90. The van der Waals surface area contributed by atoms with Crippen LogP contribution in [0.3, 0.4) is 0 Å². The predicted molar refractivity (Wildman–Crippen MR) is 177 cm³/mol. The lowest BCUT2D eigenvalue weighted by molar-refractivity contribution is -0.137. The van der Waals surface area contributed by atoms with Crippen molar-refractivity contribution in [2.24, 2.45) is 0 Å². The van der Waals surface area contributed by atoms with E-state index in [0.717, 1.165) is 49.1 Å². The Morgan fingerprint density at radius 2 is 1.79 bits per heavy atom. The third-order valence-electron chi connectivity index (χ3n) is 8.28. The number of benzene rings is 2. The summed E-state index contributed by atoms with van der Waals surface area (Å²) in [7, 11) is 0. The molecule has 13 heteroatoms. The fourth-order valence-corrected chi connectivity index (χ4v) is 7.27. The van der Waals surface area contributed by atoms with E-state index in [0.29, 0.717) is 63.6 Å². The molecule has 2 aliphatic heterocycles. The minimum absolute atomic E-state index is 0.228. The Hall–Kier alpha value is -3.84. The van der Waals surface area contributed by atoms with E-state index in [1.54, 1.807) is 23.2 Å². The number of alkyl halides is 3. The van der Waals surface area contributed by atoms with Gasteiger partial charge >= 0.3 is 6.18 Å². The molecule has 6 rings (SSSR count). The highest BCUT2D eigenvalue weighted by Crippen LogP contribution is 2.36. The van der Waals surface area contributed by atoms with Crippen LogP contribution in [-0.2, 0) is 12.7 Å². The molecule has 2 fully saturated rings. The number of amides is 1. The smallest absolute Gasteiger partial charge is 0.284 e. The zero-order chi connectivity index (χ0) is 33.1. The molecule has 242 valence electrons. The second-order valence-corrected chi connectivity index (χ2v) is 13.3. The number of halogens is 5. The number of carbonyl (C=O) groups excluding carboxylic acids is 1. The van der Waals surface area contributed by atoms with Gasteiger partial charge in [0.1, 0.15) is 0 Å². The van der Waals surface area contributed by atoms with Crippen molar-refractivity contribution in [2.45, 2.75) is 50.9 Å². The summed E-state index contributed by atoms with van der Waals surface area (Å²) in [6.07, 6.45) is 0.129. The molecule has 7 nitrogen and oxygen atoms in total. The minimum Gasteiger partial charge on any atom is -0.284 e. The summed E-state index contributed by atoms with van der Waals surface area (Å²) in [4.78, 5) is 18.1. The number of nitriles is 1. The van der Waals surface area contributed by atoms with Crippen molar-refractivity contribution in [3.05, 3.63) is 91.9 Å². The third kappa shape index (κ3) is 7.35. The Morgan fingerprint density at radius 3 is 2.49 bits per heavy atom. The SMILES string of the molecule is N#C[C@H]1CCCN1Cc1c(C(=O)N(c2ccc(Cl)cc2Cl)N2CCCCC2)n[nH]c1-c1ccc(C#Cc2ccc(C(F)(F)F)cc2)s1. The van der Waals surface area contributed by atoms with Gasteiger partial charge in [0.2, 0.25) is 0 Å². The molecule has 2 aromatic carbocycles. The number of thiophene rings is 1. The highest BCUT2D eigenvalue weighted by atomic mass is 35.5. The topological polar surface area (TPSA) is 79.3 Å². The van der Waals surface area contributed by atoms with Gasteiger partial charge < -0.3 is 0 Å². The van der Waals surface area contributed by atoms with Gasteiger partial charge in [0.25, 0.3) is 5.91 Å². The lowest BCUT2D eigenvalue weighted by atomic mass is 10.1. The highest BCUT2D eigenvalue weighted by molar-refractivity contribution is 7.16. The maximum absolute atomic E-state index is 14.6. The number of carbonyl (C=O) groups is 1. The molecule has 0 aliphatic carbocycles. The molecule has 1 amide bonds. The van der Waals surface area contributed by atoms with Gasteiger partial charge in [-0.2, -0.15) is 23.5 Å². The van der Waals surface area contributed by atoms with Crippen molar-refractivity contribution >= 4 is 46.1 Å². The number of hydrogen-bond acceptors (Lipinski definition) is 6. The normalized spacial score (nSPS) is 17.2. The molecule has 2 aliphatic rings. The number of anilines is 1. The van der Waals surface area contributed by atoms with E-state index < -0.39 is 11.7 Å². The van der Waals surface area contributed by atoms with Crippen molar-refractivity contribution in [3.8, 4) is 28.5 Å². The minimum atomic E-state index is -4.41.